The van der Waals surface area contributed by atoms with Crippen LogP contribution in [-0.2, 0) is 4.74 Å². The van der Waals surface area contributed by atoms with Crippen LogP contribution in [0.1, 0.15) is 23.0 Å². The summed E-state index contributed by atoms with van der Waals surface area (Å²) in [7, 11) is 5.27. The normalized spacial score (nSPS) is 12.1. The molecule has 1 atom stereocenters. The van der Waals surface area contributed by atoms with Crippen molar-refractivity contribution in [3.8, 4) is 5.75 Å². The number of esters is 1. The lowest BCUT2D eigenvalue weighted by atomic mass is 10.1. The van der Waals surface area contributed by atoms with E-state index in [1.807, 2.05) is 33.2 Å². The first-order valence-corrected chi connectivity index (χ1v) is 6.38. The summed E-state index contributed by atoms with van der Waals surface area (Å²) in [4.78, 5) is 13.9. The maximum Gasteiger partial charge on any atom is 0.376 e. The molecule has 1 unspecified atom stereocenters. The molecule has 0 saturated carbocycles. The molecule has 0 N–H and O–H groups in total. The van der Waals surface area contributed by atoms with Crippen LogP contribution in [0, 0.1) is 6.92 Å². The van der Waals surface area contributed by atoms with Crippen LogP contribution in [0.5, 0.6) is 5.75 Å². The monoisotopic (exact) mass is 313 g/mol. The highest BCUT2D eigenvalue weighted by Gasteiger charge is 2.21. The van der Waals surface area contributed by atoms with Crippen LogP contribution in [0.2, 0.25) is 0 Å². The number of rotatable bonds is 4. The Morgan fingerprint density at radius 2 is 2.00 bits per heavy atom. The van der Waals surface area contributed by atoms with E-state index in [4.69, 9.17) is 13.9 Å². The van der Waals surface area contributed by atoms with Crippen molar-refractivity contribution in [2.24, 2.45) is 0 Å². The lowest BCUT2D eigenvalue weighted by Gasteiger charge is -2.19. The fourth-order valence-corrected chi connectivity index (χ4v) is 1.84. The van der Waals surface area contributed by atoms with Crippen LogP contribution in [0.25, 0.3) is 11.0 Å². The van der Waals surface area contributed by atoms with Gasteiger partial charge >= 0.3 is 5.97 Å². The van der Waals surface area contributed by atoms with Gasteiger partial charge in [0.05, 0.1) is 7.11 Å². The molecule has 0 fully saturated rings. The number of hydrogen-bond acceptors (Lipinski definition) is 5. The van der Waals surface area contributed by atoms with Crippen molar-refractivity contribution < 1.29 is 18.7 Å². The zero-order valence-electron chi connectivity index (χ0n) is 12.8. The number of furan rings is 1. The highest BCUT2D eigenvalue weighted by molar-refractivity contribution is 5.96. The number of carbonyl (C=O) groups excluding carboxylic acids is 1. The fourth-order valence-electron chi connectivity index (χ4n) is 1.84. The van der Waals surface area contributed by atoms with E-state index in [-0.39, 0.29) is 24.4 Å². The van der Waals surface area contributed by atoms with Gasteiger partial charge in [0.25, 0.3) is 0 Å². The molecule has 6 heteroatoms. The van der Waals surface area contributed by atoms with Gasteiger partial charge in [-0.2, -0.15) is 0 Å². The average Bonchev–Trinajstić information content (AvgIpc) is 2.75. The Kier molecular flexibility index (Phi) is 5.63. The highest BCUT2D eigenvalue weighted by Crippen LogP contribution is 2.29. The molecule has 1 aromatic heterocycles. The van der Waals surface area contributed by atoms with Crippen molar-refractivity contribution in [2.45, 2.75) is 20.1 Å². The van der Waals surface area contributed by atoms with Gasteiger partial charge in [-0.15, -0.1) is 12.4 Å². The molecule has 116 valence electrons. The minimum atomic E-state index is -0.459. The summed E-state index contributed by atoms with van der Waals surface area (Å²) in [5.74, 6) is 0.466. The number of nitrogens with zero attached hydrogens (tertiary/aromatic N) is 1. The van der Waals surface area contributed by atoms with Gasteiger partial charge in [0.2, 0.25) is 5.76 Å². The van der Waals surface area contributed by atoms with E-state index < -0.39 is 5.97 Å². The maximum absolute atomic E-state index is 12.1. The predicted molar refractivity (Wildman–Crippen MR) is 83.3 cm³/mol. The number of methoxy groups -OCH3 is 1. The van der Waals surface area contributed by atoms with Gasteiger partial charge in [-0.05, 0) is 40.1 Å². The summed E-state index contributed by atoms with van der Waals surface area (Å²) >= 11 is 0. The first-order chi connectivity index (χ1) is 9.43. The van der Waals surface area contributed by atoms with Crippen molar-refractivity contribution in [1.82, 2.24) is 4.90 Å². The summed E-state index contributed by atoms with van der Waals surface area (Å²) in [5.41, 5.74) is 1.39. The number of ether oxygens (including phenoxy) is 2. The van der Waals surface area contributed by atoms with E-state index in [0.717, 1.165) is 10.9 Å². The Bertz CT molecular complexity index is 636. The Balaban J connectivity index is 0.00000220. The summed E-state index contributed by atoms with van der Waals surface area (Å²) in [5, 5.41) is 0.884. The molecule has 0 bridgehead atoms. The van der Waals surface area contributed by atoms with Crippen LogP contribution < -0.4 is 4.74 Å². The minimum absolute atomic E-state index is 0. The first kappa shape index (κ1) is 17.3. The summed E-state index contributed by atoms with van der Waals surface area (Å²) in [6.45, 7) is 3.65. The second kappa shape index (κ2) is 6.83. The quantitative estimate of drug-likeness (QED) is 0.640. The molecule has 0 aliphatic heterocycles. The molecule has 0 aliphatic rings. The predicted octanol–water partition coefficient (Wildman–Crippen LogP) is 3.24. The maximum atomic E-state index is 12.1. The number of fused-ring (bicyclic) bond motifs is 1. The average molecular weight is 314 g/mol. The minimum Gasteiger partial charge on any atom is -0.497 e. The SMILES string of the molecule is COc1ccc2c(C)c(C(=O)OC(C)N(C)C)oc2c1.Cl. The largest absolute Gasteiger partial charge is 0.497 e. The molecule has 0 saturated heterocycles. The van der Waals surface area contributed by atoms with Gasteiger partial charge in [0.15, 0.2) is 6.23 Å². The van der Waals surface area contributed by atoms with Crippen molar-refractivity contribution >= 4 is 29.3 Å². The Hall–Kier alpha value is -1.72. The van der Waals surface area contributed by atoms with Crippen molar-refractivity contribution in [3.63, 3.8) is 0 Å². The standard InChI is InChI=1S/C15H19NO4.ClH/c1-9-12-7-6-11(18-5)8-13(12)20-14(9)15(17)19-10(2)16(3)4;/h6-8,10H,1-5H3;1H. The number of halogens is 1. The van der Waals surface area contributed by atoms with Crippen molar-refractivity contribution in [1.29, 1.82) is 0 Å². The van der Waals surface area contributed by atoms with E-state index in [1.54, 1.807) is 25.0 Å². The Morgan fingerprint density at radius 3 is 2.57 bits per heavy atom. The third-order valence-corrected chi connectivity index (χ3v) is 3.34. The summed E-state index contributed by atoms with van der Waals surface area (Å²) in [6, 6.07) is 5.47. The topological polar surface area (TPSA) is 51.9 Å². The molecule has 0 amide bonds. The lowest BCUT2D eigenvalue weighted by molar-refractivity contribution is -0.00827. The van der Waals surface area contributed by atoms with Crippen LogP contribution in [0.3, 0.4) is 0 Å². The van der Waals surface area contributed by atoms with E-state index >= 15 is 0 Å². The molecule has 5 nitrogen and oxygen atoms in total. The van der Waals surface area contributed by atoms with Crippen LogP contribution in [0.15, 0.2) is 22.6 Å². The molecular formula is C15H20ClNO4. The molecule has 21 heavy (non-hydrogen) atoms. The van der Waals surface area contributed by atoms with Gasteiger partial charge in [0.1, 0.15) is 11.3 Å². The third-order valence-electron chi connectivity index (χ3n) is 3.34. The molecule has 2 rings (SSSR count). The van der Waals surface area contributed by atoms with Crippen LogP contribution >= 0.6 is 12.4 Å². The second-order valence-electron chi connectivity index (χ2n) is 4.89. The van der Waals surface area contributed by atoms with Gasteiger partial charge in [-0.1, -0.05) is 0 Å². The highest BCUT2D eigenvalue weighted by atomic mass is 35.5. The lowest BCUT2D eigenvalue weighted by Crippen LogP contribution is -2.30. The van der Waals surface area contributed by atoms with E-state index in [1.165, 1.54) is 0 Å². The second-order valence-corrected chi connectivity index (χ2v) is 4.89. The molecular weight excluding hydrogens is 294 g/mol. The van der Waals surface area contributed by atoms with E-state index in [9.17, 15) is 4.79 Å². The molecule has 1 aromatic carbocycles. The summed E-state index contributed by atoms with van der Waals surface area (Å²) in [6.07, 6.45) is -0.315. The van der Waals surface area contributed by atoms with E-state index in [0.29, 0.717) is 11.3 Å². The van der Waals surface area contributed by atoms with Gasteiger partial charge in [-0.3, -0.25) is 4.90 Å². The summed E-state index contributed by atoms with van der Waals surface area (Å²) < 4.78 is 16.1. The molecule has 1 heterocycles. The fraction of sp³-hybridized carbons (Fsp3) is 0.400. The van der Waals surface area contributed by atoms with Gasteiger partial charge < -0.3 is 13.9 Å². The molecule has 0 spiro atoms. The van der Waals surface area contributed by atoms with Crippen LogP contribution in [0.4, 0.5) is 0 Å². The number of benzene rings is 1. The van der Waals surface area contributed by atoms with Crippen molar-refractivity contribution in [3.05, 3.63) is 29.5 Å². The number of aryl methyl sites for hydroxylation is 1. The molecule has 0 radical (unpaired) electrons. The van der Waals surface area contributed by atoms with E-state index in [2.05, 4.69) is 0 Å². The Labute approximate surface area is 130 Å². The third kappa shape index (κ3) is 3.49. The zero-order valence-corrected chi connectivity index (χ0v) is 13.6. The van der Waals surface area contributed by atoms with Crippen molar-refractivity contribution in [2.75, 3.05) is 21.2 Å². The van der Waals surface area contributed by atoms with Gasteiger partial charge in [-0.25, -0.2) is 4.79 Å². The molecule has 0 aliphatic carbocycles. The van der Waals surface area contributed by atoms with Crippen LogP contribution in [-0.4, -0.2) is 38.3 Å². The Morgan fingerprint density at radius 1 is 1.33 bits per heavy atom. The zero-order chi connectivity index (χ0) is 14.9. The molecule has 2 aromatic rings. The first-order valence-electron chi connectivity index (χ1n) is 6.38. The van der Waals surface area contributed by atoms with Gasteiger partial charge in [0, 0.05) is 17.0 Å². The smallest absolute Gasteiger partial charge is 0.376 e. The number of carbonyl (C=O) groups is 1. The number of hydrogen-bond donors (Lipinski definition) is 0.